The highest BCUT2D eigenvalue weighted by Gasteiger charge is 2.45. The van der Waals surface area contributed by atoms with Crippen molar-refractivity contribution in [1.29, 1.82) is 0 Å². The standard InChI is InChI=1S/C10H16Cl3N3O2/c1-9(2,3)7(17)6(8(18)10(11,12)13)16-5-14-4-15-16/h4-8,17-18H,1-3H3. The highest BCUT2D eigenvalue weighted by atomic mass is 35.6. The summed E-state index contributed by atoms with van der Waals surface area (Å²) >= 11 is 17.1. The van der Waals surface area contributed by atoms with Crippen molar-refractivity contribution in [2.45, 2.75) is 42.8 Å². The third-order valence-electron chi connectivity index (χ3n) is 2.61. The molecule has 8 heteroatoms. The van der Waals surface area contributed by atoms with Crippen LogP contribution in [0, 0.1) is 5.41 Å². The highest BCUT2D eigenvalue weighted by molar-refractivity contribution is 6.68. The molecule has 104 valence electrons. The number of hydrogen-bond donors (Lipinski definition) is 2. The minimum atomic E-state index is -1.93. The molecule has 0 spiro atoms. The molecule has 0 fully saturated rings. The Kier molecular flexibility index (Phi) is 4.89. The molecule has 1 heterocycles. The lowest BCUT2D eigenvalue weighted by Crippen LogP contribution is -2.46. The molecule has 0 radical (unpaired) electrons. The molecule has 0 aromatic carbocycles. The smallest absolute Gasteiger partial charge is 0.218 e. The van der Waals surface area contributed by atoms with Gasteiger partial charge in [0.1, 0.15) is 24.8 Å². The molecule has 3 atom stereocenters. The third kappa shape index (κ3) is 3.71. The molecule has 0 aliphatic heterocycles. The molecule has 5 nitrogen and oxygen atoms in total. The van der Waals surface area contributed by atoms with Crippen molar-refractivity contribution < 1.29 is 10.2 Å². The first kappa shape index (κ1) is 16.0. The lowest BCUT2D eigenvalue weighted by atomic mass is 9.83. The first-order valence-corrected chi connectivity index (χ1v) is 6.45. The van der Waals surface area contributed by atoms with E-state index >= 15 is 0 Å². The maximum absolute atomic E-state index is 10.3. The van der Waals surface area contributed by atoms with Gasteiger partial charge in [-0.2, -0.15) is 5.10 Å². The molecule has 1 aromatic heterocycles. The molecule has 0 amide bonds. The van der Waals surface area contributed by atoms with Gasteiger partial charge in [-0.15, -0.1) is 0 Å². The Morgan fingerprint density at radius 1 is 1.11 bits per heavy atom. The van der Waals surface area contributed by atoms with Crippen LogP contribution in [0.1, 0.15) is 26.8 Å². The van der Waals surface area contributed by atoms with Crippen molar-refractivity contribution in [2.24, 2.45) is 5.41 Å². The fourth-order valence-corrected chi connectivity index (χ4v) is 1.93. The average molecular weight is 317 g/mol. The van der Waals surface area contributed by atoms with Crippen LogP contribution in [-0.4, -0.2) is 41.0 Å². The van der Waals surface area contributed by atoms with Crippen molar-refractivity contribution in [3.05, 3.63) is 12.7 Å². The molecule has 3 unspecified atom stereocenters. The van der Waals surface area contributed by atoms with Gasteiger partial charge >= 0.3 is 0 Å². The second kappa shape index (κ2) is 5.51. The second-order valence-corrected chi connectivity index (χ2v) is 7.53. The summed E-state index contributed by atoms with van der Waals surface area (Å²) in [6, 6.07) is -0.903. The number of aromatic nitrogens is 3. The maximum atomic E-state index is 10.3. The summed E-state index contributed by atoms with van der Waals surface area (Å²) in [7, 11) is 0. The zero-order valence-electron chi connectivity index (χ0n) is 10.3. The van der Waals surface area contributed by atoms with E-state index < -0.39 is 27.5 Å². The Hall–Kier alpha value is -0.0700. The number of aliphatic hydroxyl groups is 2. The van der Waals surface area contributed by atoms with E-state index in [9.17, 15) is 10.2 Å². The quantitative estimate of drug-likeness (QED) is 0.836. The summed E-state index contributed by atoms with van der Waals surface area (Å²) in [6.45, 7) is 5.44. The monoisotopic (exact) mass is 315 g/mol. The Bertz CT molecular complexity index is 353. The van der Waals surface area contributed by atoms with E-state index in [1.807, 2.05) is 20.8 Å². The van der Waals surface area contributed by atoms with E-state index in [0.29, 0.717) is 0 Å². The summed E-state index contributed by atoms with van der Waals surface area (Å²) in [6.07, 6.45) is 0.260. The zero-order chi connectivity index (χ0) is 14.1. The van der Waals surface area contributed by atoms with Gasteiger partial charge in [0.15, 0.2) is 0 Å². The van der Waals surface area contributed by atoms with Gasteiger partial charge in [0.2, 0.25) is 3.79 Å². The van der Waals surface area contributed by atoms with Crippen molar-refractivity contribution in [3.63, 3.8) is 0 Å². The van der Waals surface area contributed by atoms with Crippen LogP contribution in [0.2, 0.25) is 0 Å². The largest absolute Gasteiger partial charge is 0.390 e. The van der Waals surface area contributed by atoms with Gasteiger partial charge < -0.3 is 10.2 Å². The van der Waals surface area contributed by atoms with E-state index in [2.05, 4.69) is 10.1 Å². The van der Waals surface area contributed by atoms with Crippen LogP contribution < -0.4 is 0 Å². The van der Waals surface area contributed by atoms with E-state index in [-0.39, 0.29) is 0 Å². The van der Waals surface area contributed by atoms with Gasteiger partial charge in [-0.3, -0.25) is 0 Å². The number of halogens is 3. The summed E-state index contributed by atoms with van der Waals surface area (Å²) in [5.74, 6) is 0. The molecule has 1 aromatic rings. The minimum absolute atomic E-state index is 0.520. The Labute approximate surface area is 121 Å². The molecular weight excluding hydrogens is 300 g/mol. The van der Waals surface area contributed by atoms with Crippen LogP contribution in [0.5, 0.6) is 0 Å². The fraction of sp³-hybridized carbons (Fsp3) is 0.800. The number of alkyl halides is 3. The van der Waals surface area contributed by atoms with Gasteiger partial charge in [-0.05, 0) is 5.41 Å². The van der Waals surface area contributed by atoms with Crippen molar-refractivity contribution in [2.75, 3.05) is 0 Å². The summed E-state index contributed by atoms with van der Waals surface area (Å²) < 4.78 is -0.634. The highest BCUT2D eigenvalue weighted by Crippen LogP contribution is 2.40. The van der Waals surface area contributed by atoms with Crippen LogP contribution in [-0.2, 0) is 0 Å². The Morgan fingerprint density at radius 3 is 2.00 bits per heavy atom. The third-order valence-corrected chi connectivity index (χ3v) is 3.28. The minimum Gasteiger partial charge on any atom is -0.390 e. The van der Waals surface area contributed by atoms with Crippen LogP contribution >= 0.6 is 34.8 Å². The van der Waals surface area contributed by atoms with Gasteiger partial charge in [-0.1, -0.05) is 55.6 Å². The molecule has 1 rings (SSSR count). The predicted molar refractivity (Wildman–Crippen MR) is 70.8 cm³/mol. The van der Waals surface area contributed by atoms with Gasteiger partial charge in [0.25, 0.3) is 0 Å². The number of hydrogen-bond acceptors (Lipinski definition) is 4. The van der Waals surface area contributed by atoms with Crippen molar-refractivity contribution in [3.8, 4) is 0 Å². The molecule has 0 bridgehead atoms. The zero-order valence-corrected chi connectivity index (χ0v) is 12.5. The summed E-state index contributed by atoms with van der Waals surface area (Å²) in [4.78, 5) is 3.77. The molecule has 0 saturated heterocycles. The van der Waals surface area contributed by atoms with Crippen molar-refractivity contribution in [1.82, 2.24) is 14.8 Å². The van der Waals surface area contributed by atoms with E-state index in [4.69, 9.17) is 34.8 Å². The summed E-state index contributed by atoms with van der Waals surface area (Å²) in [5.41, 5.74) is -0.520. The first-order chi connectivity index (χ1) is 8.05. The molecule has 2 N–H and O–H groups in total. The number of nitrogens with zero attached hydrogens (tertiary/aromatic N) is 3. The molecule has 0 aliphatic carbocycles. The predicted octanol–water partition coefficient (Wildman–Crippen LogP) is 1.96. The second-order valence-electron chi connectivity index (χ2n) is 5.16. The van der Waals surface area contributed by atoms with Gasteiger partial charge in [-0.25, -0.2) is 9.67 Å². The van der Waals surface area contributed by atoms with Crippen molar-refractivity contribution >= 4 is 34.8 Å². The number of aliphatic hydroxyl groups excluding tert-OH is 2. The Balaban J connectivity index is 3.12. The maximum Gasteiger partial charge on any atom is 0.218 e. The topological polar surface area (TPSA) is 71.2 Å². The lowest BCUT2D eigenvalue weighted by Gasteiger charge is -2.37. The number of rotatable bonds is 3. The molecular formula is C10H16Cl3N3O2. The molecule has 18 heavy (non-hydrogen) atoms. The van der Waals surface area contributed by atoms with E-state index in [0.717, 1.165) is 0 Å². The van der Waals surface area contributed by atoms with Crippen LogP contribution in [0.25, 0.3) is 0 Å². The van der Waals surface area contributed by atoms with E-state index in [1.54, 1.807) is 0 Å². The van der Waals surface area contributed by atoms with Crippen LogP contribution in [0.4, 0.5) is 0 Å². The first-order valence-electron chi connectivity index (χ1n) is 5.32. The van der Waals surface area contributed by atoms with Gasteiger partial charge in [0, 0.05) is 0 Å². The van der Waals surface area contributed by atoms with E-state index in [1.165, 1.54) is 17.3 Å². The lowest BCUT2D eigenvalue weighted by molar-refractivity contribution is -0.0397. The van der Waals surface area contributed by atoms with Crippen LogP contribution in [0.15, 0.2) is 12.7 Å². The average Bonchev–Trinajstić information content (AvgIpc) is 2.68. The van der Waals surface area contributed by atoms with Gasteiger partial charge in [0.05, 0.1) is 6.10 Å². The molecule has 0 aliphatic rings. The SMILES string of the molecule is CC(C)(C)C(O)C(C(O)C(Cl)(Cl)Cl)n1cncn1. The summed E-state index contributed by atoms with van der Waals surface area (Å²) in [5, 5.41) is 24.3. The van der Waals surface area contributed by atoms with Crippen LogP contribution in [0.3, 0.4) is 0 Å². The fourth-order valence-electron chi connectivity index (χ4n) is 1.54. The Morgan fingerprint density at radius 2 is 1.67 bits per heavy atom. The normalized spacial score (nSPS) is 18.4. The molecule has 0 saturated carbocycles.